The lowest BCUT2D eigenvalue weighted by molar-refractivity contribution is -0.144. The van der Waals surface area contributed by atoms with Crippen molar-refractivity contribution in [2.24, 2.45) is 5.41 Å². The zero-order valence-electron chi connectivity index (χ0n) is 8.75. The van der Waals surface area contributed by atoms with Gasteiger partial charge in [-0.05, 0) is 12.8 Å². The molecule has 0 saturated heterocycles. The number of halogens is 1. The molecule has 0 aromatic heterocycles. The van der Waals surface area contributed by atoms with Gasteiger partial charge >= 0.3 is 5.97 Å². The van der Waals surface area contributed by atoms with Crippen molar-refractivity contribution >= 4 is 11.9 Å². The second-order valence-electron chi connectivity index (χ2n) is 4.29. The van der Waals surface area contributed by atoms with E-state index in [0.29, 0.717) is 0 Å². The van der Waals surface area contributed by atoms with Crippen molar-refractivity contribution in [2.75, 3.05) is 6.67 Å². The van der Waals surface area contributed by atoms with Crippen molar-refractivity contribution < 1.29 is 19.1 Å². The van der Waals surface area contributed by atoms with Gasteiger partial charge in [-0.3, -0.25) is 4.79 Å². The second kappa shape index (κ2) is 4.59. The molecule has 0 heterocycles. The Kier molecular flexibility index (Phi) is 3.66. The Hall–Kier alpha value is -1.13. The van der Waals surface area contributed by atoms with Crippen LogP contribution in [0.25, 0.3) is 0 Å². The van der Waals surface area contributed by atoms with Gasteiger partial charge in [0.25, 0.3) is 0 Å². The minimum absolute atomic E-state index is 0.343. The Labute approximate surface area is 87.9 Å². The van der Waals surface area contributed by atoms with Crippen LogP contribution in [0, 0.1) is 5.41 Å². The summed E-state index contributed by atoms with van der Waals surface area (Å²) in [6.07, 6.45) is 3.43. The maximum absolute atomic E-state index is 12.3. The number of hydrogen-bond donors (Lipinski definition) is 2. The summed E-state index contributed by atoms with van der Waals surface area (Å²) in [7, 11) is 0. The fourth-order valence-corrected chi connectivity index (χ4v) is 1.88. The number of alkyl halides is 1. The fraction of sp³-hybridized carbons (Fsp3) is 0.800. The molecule has 2 N–H and O–H groups in total. The SMILES string of the molecule is CC1(C(=O)NC(CF)C(=O)O)CCCC1. The lowest BCUT2D eigenvalue weighted by Gasteiger charge is -2.24. The van der Waals surface area contributed by atoms with E-state index in [9.17, 15) is 14.0 Å². The van der Waals surface area contributed by atoms with Gasteiger partial charge in [0.15, 0.2) is 6.04 Å². The third kappa shape index (κ3) is 2.67. The molecule has 1 saturated carbocycles. The largest absolute Gasteiger partial charge is 0.480 e. The van der Waals surface area contributed by atoms with Crippen LogP contribution in [0.1, 0.15) is 32.6 Å². The number of amides is 1. The van der Waals surface area contributed by atoms with Crippen molar-refractivity contribution in [1.29, 1.82) is 0 Å². The van der Waals surface area contributed by atoms with Crippen LogP contribution >= 0.6 is 0 Å². The molecule has 0 aromatic carbocycles. The van der Waals surface area contributed by atoms with E-state index >= 15 is 0 Å². The van der Waals surface area contributed by atoms with Crippen LogP contribution in [0.3, 0.4) is 0 Å². The Bertz CT molecular complexity index is 261. The first kappa shape index (κ1) is 11.9. The number of carboxylic acids is 1. The summed E-state index contributed by atoms with van der Waals surface area (Å²) in [5.41, 5.74) is -0.511. The zero-order chi connectivity index (χ0) is 11.5. The number of nitrogens with one attached hydrogen (secondary N) is 1. The van der Waals surface area contributed by atoms with Crippen molar-refractivity contribution in [3.05, 3.63) is 0 Å². The van der Waals surface area contributed by atoms with Crippen LogP contribution in [0.2, 0.25) is 0 Å². The lowest BCUT2D eigenvalue weighted by atomic mass is 9.87. The first-order valence-electron chi connectivity index (χ1n) is 5.09. The predicted octanol–water partition coefficient (Wildman–Crippen LogP) is 1.11. The van der Waals surface area contributed by atoms with Crippen molar-refractivity contribution in [3.63, 3.8) is 0 Å². The van der Waals surface area contributed by atoms with E-state index in [1.54, 1.807) is 6.92 Å². The summed E-state index contributed by atoms with van der Waals surface area (Å²) in [5.74, 6) is -1.67. The molecule has 0 spiro atoms. The molecule has 1 amide bonds. The van der Waals surface area contributed by atoms with Gasteiger partial charge in [0, 0.05) is 5.41 Å². The highest BCUT2D eigenvalue weighted by Gasteiger charge is 2.37. The molecule has 15 heavy (non-hydrogen) atoms. The highest BCUT2D eigenvalue weighted by Crippen LogP contribution is 2.37. The number of carbonyl (C=O) groups excluding carboxylic acids is 1. The van der Waals surface area contributed by atoms with Crippen LogP contribution in [0.5, 0.6) is 0 Å². The van der Waals surface area contributed by atoms with Gasteiger partial charge in [0.2, 0.25) is 5.91 Å². The molecule has 1 unspecified atom stereocenters. The van der Waals surface area contributed by atoms with Gasteiger partial charge in [0.1, 0.15) is 6.67 Å². The van der Waals surface area contributed by atoms with Crippen molar-refractivity contribution in [1.82, 2.24) is 5.32 Å². The molecule has 0 aliphatic heterocycles. The Balaban J connectivity index is 2.57. The number of carbonyl (C=O) groups is 2. The topological polar surface area (TPSA) is 66.4 Å². The fourth-order valence-electron chi connectivity index (χ4n) is 1.88. The molecule has 1 fully saturated rings. The Morgan fingerprint density at radius 2 is 2.00 bits per heavy atom. The normalized spacial score (nSPS) is 20.9. The molecular formula is C10H16FNO3. The van der Waals surface area contributed by atoms with Crippen LogP contribution in [-0.2, 0) is 9.59 Å². The highest BCUT2D eigenvalue weighted by molar-refractivity contribution is 5.87. The number of hydrogen-bond acceptors (Lipinski definition) is 2. The van der Waals surface area contributed by atoms with Gasteiger partial charge in [-0.1, -0.05) is 19.8 Å². The average Bonchev–Trinajstić information content (AvgIpc) is 2.61. The van der Waals surface area contributed by atoms with Crippen LogP contribution in [0.15, 0.2) is 0 Å². The van der Waals surface area contributed by atoms with Gasteiger partial charge in [0.05, 0.1) is 0 Å². The summed E-state index contributed by atoms with van der Waals surface area (Å²) in [6, 6.07) is -1.41. The maximum atomic E-state index is 12.3. The summed E-state index contributed by atoms with van der Waals surface area (Å²) in [5, 5.41) is 10.8. The second-order valence-corrected chi connectivity index (χ2v) is 4.29. The standard InChI is InChI=1S/C10H16FNO3/c1-10(4-2-3-5-10)9(15)12-7(6-11)8(13)14/h7H,2-6H2,1H3,(H,12,15)(H,13,14). The van der Waals surface area contributed by atoms with E-state index in [1.165, 1.54) is 0 Å². The van der Waals surface area contributed by atoms with E-state index < -0.39 is 24.1 Å². The number of rotatable bonds is 4. The highest BCUT2D eigenvalue weighted by atomic mass is 19.1. The Morgan fingerprint density at radius 1 is 1.47 bits per heavy atom. The van der Waals surface area contributed by atoms with Crippen LogP contribution < -0.4 is 5.32 Å². The molecule has 0 radical (unpaired) electrons. The van der Waals surface area contributed by atoms with Crippen molar-refractivity contribution in [3.8, 4) is 0 Å². The molecule has 0 bridgehead atoms. The quantitative estimate of drug-likeness (QED) is 0.741. The number of aliphatic carboxylic acids is 1. The molecule has 4 nitrogen and oxygen atoms in total. The first-order valence-corrected chi connectivity index (χ1v) is 5.09. The molecule has 1 rings (SSSR count). The van der Waals surface area contributed by atoms with Crippen LogP contribution in [-0.4, -0.2) is 29.7 Å². The summed E-state index contributed by atoms with van der Waals surface area (Å²) < 4.78 is 12.3. The van der Waals surface area contributed by atoms with Crippen molar-refractivity contribution in [2.45, 2.75) is 38.6 Å². The zero-order valence-corrected chi connectivity index (χ0v) is 8.75. The summed E-state index contributed by atoms with van der Waals surface area (Å²) >= 11 is 0. The molecular weight excluding hydrogens is 201 g/mol. The summed E-state index contributed by atoms with van der Waals surface area (Å²) in [6.45, 7) is 0.726. The molecule has 0 aromatic rings. The first-order chi connectivity index (χ1) is 6.99. The Morgan fingerprint density at radius 3 is 2.40 bits per heavy atom. The van der Waals surface area contributed by atoms with E-state index in [1.807, 2.05) is 0 Å². The van der Waals surface area contributed by atoms with Crippen LogP contribution in [0.4, 0.5) is 4.39 Å². The molecule has 1 aliphatic carbocycles. The average molecular weight is 217 g/mol. The molecule has 1 atom stereocenters. The molecule has 86 valence electrons. The van der Waals surface area contributed by atoms with Gasteiger partial charge < -0.3 is 10.4 Å². The lowest BCUT2D eigenvalue weighted by Crippen LogP contribution is -2.47. The monoisotopic (exact) mass is 217 g/mol. The minimum Gasteiger partial charge on any atom is -0.480 e. The summed E-state index contributed by atoms with van der Waals surface area (Å²) in [4.78, 5) is 22.2. The van der Waals surface area contributed by atoms with Gasteiger partial charge in [-0.25, -0.2) is 9.18 Å². The third-order valence-electron chi connectivity index (χ3n) is 3.01. The van der Waals surface area contributed by atoms with Gasteiger partial charge in [-0.2, -0.15) is 0 Å². The van der Waals surface area contributed by atoms with E-state index in [-0.39, 0.29) is 5.91 Å². The van der Waals surface area contributed by atoms with E-state index in [0.717, 1.165) is 25.7 Å². The number of carboxylic acid groups (broad SMARTS) is 1. The molecule has 1 aliphatic rings. The maximum Gasteiger partial charge on any atom is 0.328 e. The predicted molar refractivity (Wildman–Crippen MR) is 52.1 cm³/mol. The van der Waals surface area contributed by atoms with E-state index in [4.69, 9.17) is 5.11 Å². The smallest absolute Gasteiger partial charge is 0.328 e. The van der Waals surface area contributed by atoms with Gasteiger partial charge in [-0.15, -0.1) is 0 Å². The van der Waals surface area contributed by atoms with E-state index in [2.05, 4.69) is 5.32 Å². The minimum atomic E-state index is -1.41. The molecule has 5 heteroatoms. The third-order valence-corrected chi connectivity index (χ3v) is 3.01.